The van der Waals surface area contributed by atoms with E-state index in [2.05, 4.69) is 441 Å². The van der Waals surface area contributed by atoms with Crippen LogP contribution in [0.4, 0.5) is 0 Å². The van der Waals surface area contributed by atoms with Gasteiger partial charge in [0.05, 0.1) is 25.3 Å². The number of ether oxygens (including phenoxy) is 2. The van der Waals surface area contributed by atoms with Crippen LogP contribution in [0.5, 0.6) is 11.5 Å². The Morgan fingerprint density at radius 3 is 0.949 bits per heavy atom. The van der Waals surface area contributed by atoms with E-state index in [-0.39, 0.29) is 0 Å². The first-order chi connectivity index (χ1) is 67.9. The number of methoxy groups -OCH3 is 2. The average molecular weight is 1800 g/mol. The normalized spacial score (nSPS) is 11.9. The second-order valence-corrected chi connectivity index (χ2v) is 38.8. The van der Waals surface area contributed by atoms with Crippen molar-refractivity contribution in [3.8, 4) is 95.1 Å². The van der Waals surface area contributed by atoms with Gasteiger partial charge in [-0.3, -0.25) is 0 Å². The molecule has 0 saturated carbocycles. The standard InChI is InChI=1S/C48H32O2S.C44H27NS.C38H22OS/c1-49-36-21-18-29-24-34(16-14-31(29)26-36)46-40-9-3-4-10-41(40)47(35-17-15-32-27-37(50-2)22-19-30(32)25-35)44-28-33(20-23-42(44)46)38-11-7-12-43-39-8-5-6-13-45(39)51-48(38)43;1-3-17-35-33(15-1)42(28-24-26-29(27-25-28)45-39-21-8-5-12-30(39)31-13-6-9-22-40(31)45)34-16-2-4-18-36(34)43(35)38-20-11-19-37-32-14-7-10-23-41(32)46-44(37)38;1-3-15-27-25(13-1)35(31-19-9-17-29-23-11-5-7-21-33(23)39-37(29)31)26-14-2-4-16-28(26)36(27)32-20-10-18-30-24-12-6-8-22-34(24)40-38(30)32/h3-28H,1-2H3;1-27H;1-22H. The molecule has 0 saturated heterocycles. The van der Waals surface area contributed by atoms with E-state index >= 15 is 0 Å². The van der Waals surface area contributed by atoms with Gasteiger partial charge in [0, 0.05) is 110 Å². The third kappa shape index (κ3) is 13.0. The molecule has 5 aromatic heterocycles. The summed E-state index contributed by atoms with van der Waals surface area (Å²) in [5.74, 6) is 1.73. The molecular weight excluding hydrogens is 1720 g/mol. The fourth-order valence-electron chi connectivity index (χ4n) is 22.2. The van der Waals surface area contributed by atoms with E-state index < -0.39 is 0 Å². The van der Waals surface area contributed by atoms with Crippen molar-refractivity contribution in [1.29, 1.82) is 0 Å². The fourth-order valence-corrected chi connectivity index (χ4v) is 25.9. The van der Waals surface area contributed by atoms with Gasteiger partial charge in [-0.05, 0) is 233 Å². The minimum Gasteiger partial charge on any atom is -0.497 e. The van der Waals surface area contributed by atoms with Crippen LogP contribution < -0.4 is 9.47 Å². The van der Waals surface area contributed by atoms with Crippen LogP contribution in [0.3, 0.4) is 0 Å². The van der Waals surface area contributed by atoms with Gasteiger partial charge in [0.2, 0.25) is 0 Å². The van der Waals surface area contributed by atoms with Crippen LogP contribution in [0.2, 0.25) is 0 Å². The third-order valence-corrected chi connectivity index (χ3v) is 31.9. The largest absolute Gasteiger partial charge is 0.497 e. The van der Waals surface area contributed by atoms with Crippen molar-refractivity contribution < 1.29 is 13.9 Å². The Morgan fingerprint density at radius 2 is 0.504 bits per heavy atom. The van der Waals surface area contributed by atoms with Gasteiger partial charge < -0.3 is 18.5 Å². The molecule has 4 nitrogen and oxygen atoms in total. The van der Waals surface area contributed by atoms with Crippen LogP contribution in [-0.2, 0) is 0 Å². The summed E-state index contributed by atoms with van der Waals surface area (Å²) in [6.07, 6.45) is 0. The molecule has 5 heterocycles. The quantitative estimate of drug-likeness (QED) is 0.128. The molecule has 0 fully saturated rings. The maximum absolute atomic E-state index is 6.54. The Kier molecular flexibility index (Phi) is 19.0. The molecular formula is C130H81NO3S3. The number of hydrogen-bond acceptors (Lipinski definition) is 6. The molecule has 0 spiro atoms. The van der Waals surface area contributed by atoms with Gasteiger partial charge in [-0.25, -0.2) is 0 Å². The number of hydrogen-bond donors (Lipinski definition) is 0. The number of nitrogens with zero attached hydrogens (tertiary/aromatic N) is 1. The van der Waals surface area contributed by atoms with E-state index in [0.29, 0.717) is 0 Å². The smallest absolute Gasteiger partial charge is 0.143 e. The zero-order valence-corrected chi connectivity index (χ0v) is 77.1. The predicted octanol–water partition coefficient (Wildman–Crippen LogP) is 38.1. The summed E-state index contributed by atoms with van der Waals surface area (Å²) in [4.78, 5) is 0. The topological polar surface area (TPSA) is 36.5 Å². The molecule has 0 bridgehead atoms. The molecule has 0 aliphatic rings. The first-order valence-corrected chi connectivity index (χ1v) is 49.1. The molecule has 24 aromatic carbocycles. The summed E-state index contributed by atoms with van der Waals surface area (Å²) in [5.41, 5.74) is 22.9. The lowest BCUT2D eigenvalue weighted by Crippen LogP contribution is -1.94. The molecule has 0 aliphatic heterocycles. The Balaban J connectivity index is 0.000000105. The number of aromatic nitrogens is 1. The van der Waals surface area contributed by atoms with Crippen LogP contribution in [0.25, 0.3) is 274 Å². The summed E-state index contributed by atoms with van der Waals surface area (Å²) in [6.45, 7) is 0. The van der Waals surface area contributed by atoms with Gasteiger partial charge in [-0.15, -0.1) is 34.0 Å². The van der Waals surface area contributed by atoms with Crippen molar-refractivity contribution >= 4 is 224 Å². The average Bonchev–Trinajstić information content (AvgIpc) is 1.71. The molecule has 0 unspecified atom stereocenters. The summed E-state index contributed by atoms with van der Waals surface area (Å²) in [7, 11) is 3.44. The van der Waals surface area contributed by atoms with Gasteiger partial charge in [0.1, 0.15) is 22.7 Å². The summed E-state index contributed by atoms with van der Waals surface area (Å²) in [5, 5.41) is 32.6. The number of benzene rings is 24. The first kappa shape index (κ1) is 79.9. The molecule has 137 heavy (non-hydrogen) atoms. The van der Waals surface area contributed by atoms with Crippen LogP contribution in [0, 0.1) is 0 Å². The third-order valence-electron chi connectivity index (χ3n) is 28.3. The zero-order valence-electron chi connectivity index (χ0n) is 74.7. The van der Waals surface area contributed by atoms with Crippen molar-refractivity contribution in [1.82, 2.24) is 4.57 Å². The lowest BCUT2D eigenvalue weighted by atomic mass is 9.84. The fraction of sp³-hybridized carbons (Fsp3) is 0.0154. The molecule has 0 aliphatic carbocycles. The SMILES string of the molecule is COc1ccc2cc(-c3c4ccccc4c(-c4ccc5cc(OC)ccc5c4)c4cc(-c5cccc6c5sc5ccccc56)ccc34)ccc2c1.c1ccc2c(c1)oc1c(-c3c4ccccc4c(-c4cccc5c4sc4ccccc45)c4ccccc34)cccc12.c1ccc2c(c1)sc1c(-c3c4ccccc4c(-c4ccc(-n5c6ccccc6c6ccccc65)cc4)c4ccccc34)cccc12. The molecule has 0 radical (unpaired) electrons. The molecule has 7 heteroatoms. The van der Waals surface area contributed by atoms with Gasteiger partial charge >= 0.3 is 0 Å². The summed E-state index contributed by atoms with van der Waals surface area (Å²) >= 11 is 5.67. The maximum atomic E-state index is 6.54. The lowest BCUT2D eigenvalue weighted by molar-refractivity contribution is 0.415. The molecule has 0 amide bonds. The van der Waals surface area contributed by atoms with E-state index in [9.17, 15) is 0 Å². The highest BCUT2D eigenvalue weighted by molar-refractivity contribution is 7.27. The second-order valence-electron chi connectivity index (χ2n) is 35.6. The van der Waals surface area contributed by atoms with Crippen molar-refractivity contribution in [3.63, 3.8) is 0 Å². The highest BCUT2D eigenvalue weighted by Crippen LogP contribution is 2.54. The van der Waals surface area contributed by atoms with Crippen LogP contribution in [-0.4, -0.2) is 18.8 Å². The van der Waals surface area contributed by atoms with Crippen LogP contribution in [0.15, 0.2) is 459 Å². The van der Waals surface area contributed by atoms with Gasteiger partial charge in [-0.1, -0.05) is 364 Å². The highest BCUT2D eigenvalue weighted by Gasteiger charge is 2.27. The Morgan fingerprint density at radius 1 is 0.197 bits per heavy atom. The number of rotatable bonds is 10. The minimum atomic E-state index is 0.865. The van der Waals surface area contributed by atoms with E-state index in [1.54, 1.807) is 14.2 Å². The lowest BCUT2D eigenvalue weighted by Gasteiger charge is -2.19. The van der Waals surface area contributed by atoms with E-state index in [4.69, 9.17) is 13.9 Å². The number of fused-ring (bicyclic) bond motifs is 23. The van der Waals surface area contributed by atoms with Gasteiger partial charge in [0.25, 0.3) is 0 Å². The van der Waals surface area contributed by atoms with E-state index in [1.807, 2.05) is 52.2 Å². The maximum Gasteiger partial charge on any atom is 0.143 e. The highest BCUT2D eigenvalue weighted by atomic mass is 32.1. The van der Waals surface area contributed by atoms with E-state index in [1.165, 1.54) is 236 Å². The number of thiophene rings is 3. The summed E-state index contributed by atoms with van der Waals surface area (Å²) < 4.78 is 28.0. The Bertz CT molecular complexity index is 9720. The zero-order chi connectivity index (χ0) is 90.5. The Hall–Kier alpha value is -16.8. The molecule has 642 valence electrons. The van der Waals surface area contributed by atoms with Crippen LogP contribution >= 0.6 is 34.0 Å². The van der Waals surface area contributed by atoms with E-state index in [0.717, 1.165) is 49.8 Å². The van der Waals surface area contributed by atoms with Crippen molar-refractivity contribution in [2.75, 3.05) is 14.2 Å². The van der Waals surface area contributed by atoms with Crippen LogP contribution in [0.1, 0.15) is 0 Å². The number of furan rings is 1. The van der Waals surface area contributed by atoms with Crippen molar-refractivity contribution in [3.05, 3.63) is 455 Å². The second kappa shape index (κ2) is 32.6. The van der Waals surface area contributed by atoms with Crippen molar-refractivity contribution in [2.24, 2.45) is 0 Å². The van der Waals surface area contributed by atoms with Gasteiger partial charge in [-0.2, -0.15) is 0 Å². The first-order valence-electron chi connectivity index (χ1n) is 46.6. The molecule has 0 atom stereocenters. The minimum absolute atomic E-state index is 0.865. The predicted molar refractivity (Wildman–Crippen MR) is 591 cm³/mol. The summed E-state index contributed by atoms with van der Waals surface area (Å²) in [6, 6.07) is 166. The van der Waals surface area contributed by atoms with Gasteiger partial charge in [0.15, 0.2) is 0 Å². The molecule has 0 N–H and O–H groups in total. The monoisotopic (exact) mass is 1800 g/mol. The molecule has 29 rings (SSSR count). The Labute approximate surface area is 800 Å². The van der Waals surface area contributed by atoms with Crippen molar-refractivity contribution in [2.45, 2.75) is 0 Å². The number of para-hydroxylation sites is 4. The molecule has 29 aromatic rings.